The Labute approximate surface area is 173 Å². The smallest absolute Gasteiger partial charge is 0.222 e. The van der Waals surface area contributed by atoms with Gasteiger partial charge in [-0.1, -0.05) is 74.9 Å². The standard InChI is InChI=1S/C22H24N4O.C2H6/c1-3-20(27)25-12-14-26(15-13-25)22-19-7-5-4-6-18(19)21(23-24-22)17-10-8-16(2)9-11-17;1-2/h4-11H,3,12-15H2,1-2H3;1-2H3. The Kier molecular flexibility index (Phi) is 6.81. The van der Waals surface area contributed by atoms with Crippen LogP contribution in [-0.4, -0.2) is 47.2 Å². The van der Waals surface area contributed by atoms with Gasteiger partial charge in [0.15, 0.2) is 5.82 Å². The van der Waals surface area contributed by atoms with E-state index in [1.165, 1.54) is 5.56 Å². The number of benzene rings is 2. The number of aromatic nitrogens is 2. The van der Waals surface area contributed by atoms with E-state index in [-0.39, 0.29) is 5.91 Å². The molecule has 0 atom stereocenters. The van der Waals surface area contributed by atoms with Crippen LogP contribution >= 0.6 is 0 Å². The van der Waals surface area contributed by atoms with E-state index < -0.39 is 0 Å². The van der Waals surface area contributed by atoms with E-state index in [1.807, 2.05) is 37.8 Å². The van der Waals surface area contributed by atoms with E-state index in [2.05, 4.69) is 58.4 Å². The zero-order chi connectivity index (χ0) is 20.8. The maximum atomic E-state index is 11.9. The van der Waals surface area contributed by atoms with Crippen molar-refractivity contribution < 1.29 is 4.79 Å². The van der Waals surface area contributed by atoms with E-state index in [1.54, 1.807) is 0 Å². The minimum absolute atomic E-state index is 0.223. The molecule has 0 N–H and O–H groups in total. The van der Waals surface area contributed by atoms with Crippen molar-refractivity contribution in [2.75, 3.05) is 31.1 Å². The number of amides is 1. The van der Waals surface area contributed by atoms with Crippen LogP contribution in [0.3, 0.4) is 0 Å². The second-order valence-electron chi connectivity index (χ2n) is 7.01. The lowest BCUT2D eigenvalue weighted by atomic mass is 10.0. The van der Waals surface area contributed by atoms with Crippen LogP contribution in [0, 0.1) is 6.92 Å². The Morgan fingerprint density at radius 1 is 0.897 bits per heavy atom. The summed E-state index contributed by atoms with van der Waals surface area (Å²) >= 11 is 0. The molecular weight excluding hydrogens is 360 g/mol. The predicted octanol–water partition coefficient (Wildman–Crippen LogP) is 4.69. The first-order chi connectivity index (χ1) is 14.2. The van der Waals surface area contributed by atoms with Crippen molar-refractivity contribution in [1.82, 2.24) is 15.1 Å². The average Bonchev–Trinajstić information content (AvgIpc) is 2.80. The van der Waals surface area contributed by atoms with Gasteiger partial charge in [0, 0.05) is 48.9 Å². The summed E-state index contributed by atoms with van der Waals surface area (Å²) in [6, 6.07) is 16.7. The molecule has 0 aliphatic carbocycles. The number of piperazine rings is 1. The number of carbonyl (C=O) groups is 1. The number of hydrogen-bond donors (Lipinski definition) is 0. The van der Waals surface area contributed by atoms with Gasteiger partial charge in [0.05, 0.1) is 0 Å². The topological polar surface area (TPSA) is 49.3 Å². The number of fused-ring (bicyclic) bond motifs is 1. The Hall–Kier alpha value is -2.95. The van der Waals surface area contributed by atoms with E-state index in [9.17, 15) is 4.79 Å². The highest BCUT2D eigenvalue weighted by atomic mass is 16.2. The molecule has 0 bridgehead atoms. The van der Waals surface area contributed by atoms with Crippen molar-refractivity contribution in [3.63, 3.8) is 0 Å². The number of hydrogen-bond acceptors (Lipinski definition) is 4. The maximum Gasteiger partial charge on any atom is 0.222 e. The zero-order valence-electron chi connectivity index (χ0n) is 17.9. The lowest BCUT2D eigenvalue weighted by molar-refractivity contribution is -0.131. The molecule has 2 aromatic carbocycles. The lowest BCUT2D eigenvalue weighted by Crippen LogP contribution is -2.49. The molecule has 152 valence electrons. The molecule has 5 nitrogen and oxygen atoms in total. The molecule has 0 radical (unpaired) electrons. The summed E-state index contributed by atoms with van der Waals surface area (Å²) in [6.45, 7) is 11.0. The minimum Gasteiger partial charge on any atom is -0.351 e. The zero-order valence-corrected chi connectivity index (χ0v) is 17.9. The van der Waals surface area contributed by atoms with Crippen molar-refractivity contribution in [1.29, 1.82) is 0 Å². The van der Waals surface area contributed by atoms with Crippen LogP contribution in [0.1, 0.15) is 32.8 Å². The highest BCUT2D eigenvalue weighted by molar-refractivity contribution is 6.00. The van der Waals surface area contributed by atoms with Crippen molar-refractivity contribution >= 4 is 22.5 Å². The summed E-state index contributed by atoms with van der Waals surface area (Å²) in [6.07, 6.45) is 0.563. The summed E-state index contributed by atoms with van der Waals surface area (Å²) in [5.74, 6) is 1.13. The van der Waals surface area contributed by atoms with Gasteiger partial charge in [-0.25, -0.2) is 0 Å². The molecule has 0 unspecified atom stereocenters. The summed E-state index contributed by atoms with van der Waals surface area (Å²) in [7, 11) is 0. The number of anilines is 1. The normalized spacial score (nSPS) is 13.8. The van der Waals surface area contributed by atoms with Crippen LogP contribution in [0.2, 0.25) is 0 Å². The first kappa shape index (κ1) is 20.8. The third kappa shape index (κ3) is 4.39. The maximum absolute atomic E-state index is 11.9. The second kappa shape index (κ2) is 9.50. The highest BCUT2D eigenvalue weighted by Gasteiger charge is 2.23. The number of carbonyl (C=O) groups excluding carboxylic acids is 1. The Morgan fingerprint density at radius 3 is 2.14 bits per heavy atom. The van der Waals surface area contributed by atoms with E-state index in [0.29, 0.717) is 6.42 Å². The summed E-state index contributed by atoms with van der Waals surface area (Å²) in [4.78, 5) is 16.1. The molecule has 1 saturated heterocycles. The summed E-state index contributed by atoms with van der Waals surface area (Å²) in [5, 5.41) is 11.4. The molecule has 0 saturated carbocycles. The van der Waals surface area contributed by atoms with Gasteiger partial charge in [0.1, 0.15) is 5.69 Å². The average molecular weight is 391 g/mol. The molecule has 1 amide bonds. The molecular formula is C24H30N4O. The summed E-state index contributed by atoms with van der Waals surface area (Å²) < 4.78 is 0. The number of aryl methyl sites for hydroxylation is 1. The van der Waals surface area contributed by atoms with Crippen LogP contribution in [0.25, 0.3) is 22.0 Å². The van der Waals surface area contributed by atoms with E-state index in [4.69, 9.17) is 0 Å². The first-order valence-electron chi connectivity index (χ1n) is 10.5. The second-order valence-corrected chi connectivity index (χ2v) is 7.01. The van der Waals surface area contributed by atoms with Gasteiger partial charge < -0.3 is 9.80 Å². The first-order valence-corrected chi connectivity index (χ1v) is 10.5. The lowest BCUT2D eigenvalue weighted by Gasteiger charge is -2.35. The quantitative estimate of drug-likeness (QED) is 0.651. The highest BCUT2D eigenvalue weighted by Crippen LogP contribution is 2.31. The Morgan fingerprint density at radius 2 is 1.52 bits per heavy atom. The fourth-order valence-corrected chi connectivity index (χ4v) is 3.64. The fraction of sp³-hybridized carbons (Fsp3) is 0.375. The van der Waals surface area contributed by atoms with Gasteiger partial charge >= 0.3 is 0 Å². The van der Waals surface area contributed by atoms with Crippen LogP contribution in [0.4, 0.5) is 5.82 Å². The summed E-state index contributed by atoms with van der Waals surface area (Å²) in [5.41, 5.74) is 3.22. The van der Waals surface area contributed by atoms with Gasteiger partial charge in [0.2, 0.25) is 5.91 Å². The number of rotatable bonds is 3. The van der Waals surface area contributed by atoms with Gasteiger partial charge in [-0.15, -0.1) is 10.2 Å². The number of nitrogens with zero attached hydrogens (tertiary/aromatic N) is 4. The molecule has 0 spiro atoms. The van der Waals surface area contributed by atoms with Crippen LogP contribution in [-0.2, 0) is 4.79 Å². The molecule has 1 aliphatic heterocycles. The molecule has 29 heavy (non-hydrogen) atoms. The molecule has 4 rings (SSSR count). The van der Waals surface area contributed by atoms with Crippen LogP contribution in [0.15, 0.2) is 48.5 Å². The molecule has 1 aromatic heterocycles. The largest absolute Gasteiger partial charge is 0.351 e. The van der Waals surface area contributed by atoms with Gasteiger partial charge in [0.25, 0.3) is 0 Å². The molecule has 3 aromatic rings. The monoisotopic (exact) mass is 390 g/mol. The molecule has 2 heterocycles. The molecule has 5 heteroatoms. The van der Waals surface area contributed by atoms with Crippen LogP contribution < -0.4 is 4.90 Å². The van der Waals surface area contributed by atoms with Gasteiger partial charge in [-0.3, -0.25) is 4.79 Å². The Balaban J connectivity index is 0.00000117. The van der Waals surface area contributed by atoms with Gasteiger partial charge in [-0.05, 0) is 6.92 Å². The molecule has 1 aliphatic rings. The van der Waals surface area contributed by atoms with Crippen molar-refractivity contribution in [3.8, 4) is 11.3 Å². The third-order valence-corrected chi connectivity index (χ3v) is 5.23. The fourth-order valence-electron chi connectivity index (χ4n) is 3.64. The predicted molar refractivity (Wildman–Crippen MR) is 120 cm³/mol. The van der Waals surface area contributed by atoms with Crippen molar-refractivity contribution in [2.24, 2.45) is 0 Å². The molecule has 1 fully saturated rings. The third-order valence-electron chi connectivity index (χ3n) is 5.23. The Bertz CT molecular complexity index is 960. The van der Waals surface area contributed by atoms with Crippen molar-refractivity contribution in [2.45, 2.75) is 34.1 Å². The minimum atomic E-state index is 0.223. The van der Waals surface area contributed by atoms with E-state index in [0.717, 1.165) is 54.0 Å². The van der Waals surface area contributed by atoms with Crippen molar-refractivity contribution in [3.05, 3.63) is 54.1 Å². The van der Waals surface area contributed by atoms with Gasteiger partial charge in [-0.2, -0.15) is 0 Å². The van der Waals surface area contributed by atoms with Crippen LogP contribution in [0.5, 0.6) is 0 Å². The SMILES string of the molecule is CC.CCC(=O)N1CCN(c2nnc(-c3ccc(C)cc3)c3ccccc23)CC1. The van der Waals surface area contributed by atoms with E-state index >= 15 is 0 Å².